The number of carbonyl (C=O) groups excluding carboxylic acids is 1. The van der Waals surface area contributed by atoms with Gasteiger partial charge in [-0.1, -0.05) is 24.3 Å². The Kier molecular flexibility index (Phi) is 6.03. The van der Waals surface area contributed by atoms with Gasteiger partial charge in [-0.25, -0.2) is 9.97 Å². The van der Waals surface area contributed by atoms with E-state index in [1.807, 2.05) is 54.8 Å². The van der Waals surface area contributed by atoms with Crippen molar-refractivity contribution in [3.05, 3.63) is 88.6 Å². The third-order valence-corrected chi connectivity index (χ3v) is 6.00. The molecule has 0 unspecified atom stereocenters. The highest BCUT2D eigenvalue weighted by Crippen LogP contribution is 2.26. The van der Waals surface area contributed by atoms with Crippen molar-refractivity contribution in [3.63, 3.8) is 0 Å². The van der Waals surface area contributed by atoms with Gasteiger partial charge in [-0.2, -0.15) is 0 Å². The fourth-order valence-corrected chi connectivity index (χ4v) is 4.25. The molecule has 5 aromatic rings. The molecule has 0 radical (unpaired) electrons. The van der Waals surface area contributed by atoms with Gasteiger partial charge in [-0.05, 0) is 43.7 Å². The van der Waals surface area contributed by atoms with Gasteiger partial charge in [0.25, 0.3) is 0 Å². The molecule has 180 valence electrons. The number of nitrogen functional groups attached to an aromatic ring is 1. The first-order valence-corrected chi connectivity index (χ1v) is 11.6. The largest absolute Gasteiger partial charge is 0.384 e. The van der Waals surface area contributed by atoms with E-state index in [0.717, 1.165) is 22.5 Å². The maximum Gasteiger partial charge on any atom is 0.228 e. The smallest absolute Gasteiger partial charge is 0.228 e. The summed E-state index contributed by atoms with van der Waals surface area (Å²) in [4.78, 5) is 41.8. The Bertz CT molecular complexity index is 1620. The van der Waals surface area contributed by atoms with Crippen molar-refractivity contribution < 1.29 is 4.79 Å². The fourth-order valence-electron chi connectivity index (χ4n) is 4.25. The summed E-state index contributed by atoms with van der Waals surface area (Å²) in [6.07, 6.45) is 5.15. The van der Waals surface area contributed by atoms with E-state index in [-0.39, 0.29) is 17.8 Å². The lowest BCUT2D eigenvalue weighted by Crippen LogP contribution is -2.18. The molecule has 36 heavy (non-hydrogen) atoms. The van der Waals surface area contributed by atoms with Gasteiger partial charge in [-0.15, -0.1) is 0 Å². The third-order valence-electron chi connectivity index (χ3n) is 6.00. The lowest BCUT2D eigenvalue weighted by molar-refractivity contribution is -0.115. The molecular formula is C27H25N7O2. The number of aromatic nitrogens is 5. The highest BCUT2D eigenvalue weighted by molar-refractivity contribution is 5.92. The molecule has 0 saturated carbocycles. The van der Waals surface area contributed by atoms with Crippen LogP contribution >= 0.6 is 0 Å². The zero-order valence-corrected chi connectivity index (χ0v) is 19.9. The standard InChI is InChI=1S/C27H25N7O2/c1-3-34-25(28)23(26-30-12-13-31-26)24(36)20-8-9-21(33-27(20)34)18-6-4-17(5-7-18)15-22(35)32-19-10-11-29-16(2)14-19/h4-14H,3,15,28H2,1-2H3,(H,30,31)(H,29,32,35). The Labute approximate surface area is 207 Å². The van der Waals surface area contributed by atoms with Gasteiger partial charge >= 0.3 is 0 Å². The van der Waals surface area contributed by atoms with Crippen molar-refractivity contribution in [2.24, 2.45) is 0 Å². The minimum absolute atomic E-state index is 0.105. The monoisotopic (exact) mass is 479 g/mol. The maximum atomic E-state index is 13.2. The molecule has 1 amide bonds. The summed E-state index contributed by atoms with van der Waals surface area (Å²) >= 11 is 0. The predicted molar refractivity (Wildman–Crippen MR) is 140 cm³/mol. The van der Waals surface area contributed by atoms with Crippen LogP contribution in [0.25, 0.3) is 33.7 Å². The number of carbonyl (C=O) groups is 1. The lowest BCUT2D eigenvalue weighted by Gasteiger charge is -2.15. The number of rotatable bonds is 6. The summed E-state index contributed by atoms with van der Waals surface area (Å²) < 4.78 is 1.82. The zero-order valence-electron chi connectivity index (χ0n) is 19.9. The molecule has 0 bridgehead atoms. The van der Waals surface area contributed by atoms with E-state index < -0.39 is 0 Å². The summed E-state index contributed by atoms with van der Waals surface area (Å²) in [5.41, 5.74) is 11.0. The van der Waals surface area contributed by atoms with Gasteiger partial charge in [0.15, 0.2) is 0 Å². The quantitative estimate of drug-likeness (QED) is 0.338. The molecule has 4 aromatic heterocycles. The number of imidazole rings is 1. The number of nitrogens with two attached hydrogens (primary N) is 1. The molecule has 9 heteroatoms. The molecule has 0 saturated heterocycles. The average Bonchev–Trinajstić information content (AvgIpc) is 3.39. The Morgan fingerprint density at radius 1 is 1.08 bits per heavy atom. The van der Waals surface area contributed by atoms with E-state index in [2.05, 4.69) is 20.3 Å². The summed E-state index contributed by atoms with van der Waals surface area (Å²) in [7, 11) is 0. The fraction of sp³-hybridized carbons (Fsp3) is 0.148. The van der Waals surface area contributed by atoms with Gasteiger partial charge in [-0.3, -0.25) is 14.6 Å². The van der Waals surface area contributed by atoms with Crippen LogP contribution in [0.3, 0.4) is 0 Å². The summed E-state index contributed by atoms with van der Waals surface area (Å²) in [6.45, 7) is 4.37. The van der Waals surface area contributed by atoms with Crippen molar-refractivity contribution in [1.29, 1.82) is 0 Å². The number of H-pyrrole nitrogens is 1. The number of amides is 1. The third kappa shape index (κ3) is 4.34. The van der Waals surface area contributed by atoms with Crippen LogP contribution in [-0.4, -0.2) is 30.4 Å². The van der Waals surface area contributed by atoms with Crippen molar-refractivity contribution >= 4 is 28.4 Å². The Hall–Kier alpha value is -4.79. The van der Waals surface area contributed by atoms with Crippen LogP contribution in [0.1, 0.15) is 18.2 Å². The highest BCUT2D eigenvalue weighted by Gasteiger charge is 2.19. The number of pyridine rings is 3. The van der Waals surface area contributed by atoms with E-state index >= 15 is 0 Å². The van der Waals surface area contributed by atoms with E-state index in [1.165, 1.54) is 0 Å². The number of hydrogen-bond donors (Lipinski definition) is 3. The lowest BCUT2D eigenvalue weighted by atomic mass is 10.1. The topological polar surface area (TPSA) is 132 Å². The Morgan fingerprint density at radius 3 is 2.58 bits per heavy atom. The minimum atomic E-state index is -0.216. The zero-order chi connectivity index (χ0) is 25.2. The molecule has 5 rings (SSSR count). The van der Waals surface area contributed by atoms with Crippen molar-refractivity contribution in [2.45, 2.75) is 26.8 Å². The second-order valence-electron chi connectivity index (χ2n) is 8.45. The van der Waals surface area contributed by atoms with E-state index in [9.17, 15) is 9.59 Å². The first kappa shape index (κ1) is 23.0. The molecule has 4 heterocycles. The normalized spacial score (nSPS) is 11.1. The first-order valence-electron chi connectivity index (χ1n) is 11.6. The highest BCUT2D eigenvalue weighted by atomic mass is 16.1. The molecular weight excluding hydrogens is 454 g/mol. The van der Waals surface area contributed by atoms with Crippen LogP contribution in [-0.2, 0) is 17.8 Å². The Morgan fingerprint density at radius 2 is 1.89 bits per heavy atom. The molecule has 9 nitrogen and oxygen atoms in total. The second kappa shape index (κ2) is 9.46. The van der Waals surface area contributed by atoms with Gasteiger partial charge < -0.3 is 20.6 Å². The molecule has 0 aliphatic heterocycles. The predicted octanol–water partition coefficient (Wildman–Crippen LogP) is 3.94. The van der Waals surface area contributed by atoms with Crippen molar-refractivity contribution in [2.75, 3.05) is 11.1 Å². The molecule has 0 spiro atoms. The number of anilines is 2. The van der Waals surface area contributed by atoms with Crippen LogP contribution in [0.5, 0.6) is 0 Å². The summed E-state index contributed by atoms with van der Waals surface area (Å²) in [6, 6.07) is 14.8. The van der Waals surface area contributed by atoms with Crippen LogP contribution in [0.4, 0.5) is 11.5 Å². The average molecular weight is 480 g/mol. The van der Waals surface area contributed by atoms with Gasteiger partial charge in [0.2, 0.25) is 11.3 Å². The van der Waals surface area contributed by atoms with Gasteiger partial charge in [0.05, 0.1) is 17.5 Å². The molecule has 4 N–H and O–H groups in total. The van der Waals surface area contributed by atoms with E-state index in [1.54, 1.807) is 30.7 Å². The van der Waals surface area contributed by atoms with Crippen molar-refractivity contribution in [1.82, 2.24) is 24.5 Å². The number of aryl methyl sites for hydroxylation is 2. The SMILES string of the molecule is CCn1c(N)c(-c2ncc[nH]2)c(=O)c2ccc(-c3ccc(CC(=O)Nc4ccnc(C)c4)cc3)nc21. The Balaban J connectivity index is 1.43. The van der Waals surface area contributed by atoms with E-state index in [0.29, 0.717) is 40.5 Å². The van der Waals surface area contributed by atoms with Crippen LogP contribution in [0, 0.1) is 6.92 Å². The van der Waals surface area contributed by atoms with Crippen LogP contribution in [0.15, 0.2) is 71.9 Å². The summed E-state index contributed by atoms with van der Waals surface area (Å²) in [5, 5.41) is 3.37. The maximum absolute atomic E-state index is 13.2. The molecule has 0 atom stereocenters. The van der Waals surface area contributed by atoms with Crippen LogP contribution in [0.2, 0.25) is 0 Å². The number of fused-ring (bicyclic) bond motifs is 1. The number of benzene rings is 1. The second-order valence-corrected chi connectivity index (χ2v) is 8.45. The number of nitrogens with zero attached hydrogens (tertiary/aromatic N) is 4. The van der Waals surface area contributed by atoms with Crippen LogP contribution < -0.4 is 16.5 Å². The van der Waals surface area contributed by atoms with Crippen molar-refractivity contribution in [3.8, 4) is 22.6 Å². The molecule has 0 aliphatic rings. The first-order chi connectivity index (χ1) is 17.4. The molecule has 0 aliphatic carbocycles. The number of aromatic amines is 1. The number of nitrogens with one attached hydrogen (secondary N) is 2. The molecule has 0 fully saturated rings. The van der Waals surface area contributed by atoms with Gasteiger partial charge in [0, 0.05) is 42.1 Å². The summed E-state index contributed by atoms with van der Waals surface area (Å²) in [5.74, 6) is 0.650. The number of hydrogen-bond acceptors (Lipinski definition) is 6. The minimum Gasteiger partial charge on any atom is -0.384 e. The van der Waals surface area contributed by atoms with Gasteiger partial charge in [0.1, 0.15) is 22.9 Å². The molecule has 1 aromatic carbocycles. The van der Waals surface area contributed by atoms with E-state index in [4.69, 9.17) is 10.7 Å².